The maximum Gasteiger partial charge on any atom is 0.0408 e. The summed E-state index contributed by atoms with van der Waals surface area (Å²) < 4.78 is 0. The first-order chi connectivity index (χ1) is 9.17. The highest BCUT2D eigenvalue weighted by Crippen LogP contribution is 2.19. The first-order valence-corrected chi connectivity index (χ1v) is 7.44. The maximum atomic E-state index is 6.11. The van der Waals surface area contributed by atoms with Gasteiger partial charge in [0.15, 0.2) is 0 Å². The van der Waals surface area contributed by atoms with Gasteiger partial charge in [0.05, 0.1) is 0 Å². The van der Waals surface area contributed by atoms with Gasteiger partial charge >= 0.3 is 0 Å². The van der Waals surface area contributed by atoms with Crippen LogP contribution < -0.4 is 0 Å². The van der Waals surface area contributed by atoms with Crippen molar-refractivity contribution >= 4 is 23.2 Å². The SMILES string of the molecule is Cc1cccc(CC(CCl)Cc2cccc(Cl)c2)c1. The zero-order valence-corrected chi connectivity index (χ0v) is 12.6. The lowest BCUT2D eigenvalue weighted by Gasteiger charge is -2.14. The number of hydrogen-bond donors (Lipinski definition) is 0. The molecule has 0 radical (unpaired) electrons. The first kappa shape index (κ1) is 14.4. The van der Waals surface area contributed by atoms with Gasteiger partial charge in [-0.2, -0.15) is 0 Å². The van der Waals surface area contributed by atoms with Crippen molar-refractivity contribution in [2.45, 2.75) is 19.8 Å². The Morgan fingerprint density at radius 2 is 1.58 bits per heavy atom. The number of benzene rings is 2. The molecule has 0 aromatic heterocycles. The van der Waals surface area contributed by atoms with Crippen LogP contribution in [-0.2, 0) is 12.8 Å². The van der Waals surface area contributed by atoms with Gasteiger partial charge < -0.3 is 0 Å². The van der Waals surface area contributed by atoms with Crippen molar-refractivity contribution in [3.63, 3.8) is 0 Å². The van der Waals surface area contributed by atoms with Crippen molar-refractivity contribution in [1.29, 1.82) is 0 Å². The molecule has 0 saturated carbocycles. The molecule has 1 atom stereocenters. The molecule has 0 nitrogen and oxygen atoms in total. The van der Waals surface area contributed by atoms with Crippen LogP contribution in [0.1, 0.15) is 16.7 Å². The van der Waals surface area contributed by atoms with Gasteiger partial charge in [0.25, 0.3) is 0 Å². The molecule has 1 unspecified atom stereocenters. The highest BCUT2D eigenvalue weighted by molar-refractivity contribution is 6.30. The molecule has 0 fully saturated rings. The van der Waals surface area contributed by atoms with Gasteiger partial charge in [0.1, 0.15) is 0 Å². The summed E-state index contributed by atoms with van der Waals surface area (Å²) in [6.07, 6.45) is 1.98. The van der Waals surface area contributed by atoms with Crippen molar-refractivity contribution < 1.29 is 0 Å². The summed E-state index contributed by atoms with van der Waals surface area (Å²) in [5, 5.41) is 0.793. The Labute approximate surface area is 125 Å². The Morgan fingerprint density at radius 3 is 2.16 bits per heavy atom. The average molecular weight is 293 g/mol. The lowest BCUT2D eigenvalue weighted by Crippen LogP contribution is -2.10. The molecule has 0 aliphatic rings. The lowest BCUT2D eigenvalue weighted by molar-refractivity contribution is 0.584. The molecule has 0 N–H and O–H groups in total. The van der Waals surface area contributed by atoms with E-state index in [1.165, 1.54) is 16.7 Å². The third-order valence-electron chi connectivity index (χ3n) is 3.24. The number of hydrogen-bond acceptors (Lipinski definition) is 0. The van der Waals surface area contributed by atoms with E-state index in [0.717, 1.165) is 17.9 Å². The number of aryl methyl sites for hydroxylation is 1. The predicted octanol–water partition coefficient (Wildman–Crippen LogP) is 5.29. The molecule has 0 amide bonds. The van der Waals surface area contributed by atoms with E-state index >= 15 is 0 Å². The molecule has 0 saturated heterocycles. The summed E-state index contributed by atoms with van der Waals surface area (Å²) in [7, 11) is 0. The normalized spacial score (nSPS) is 12.4. The van der Waals surface area contributed by atoms with Crippen molar-refractivity contribution in [2.75, 3.05) is 5.88 Å². The van der Waals surface area contributed by atoms with Gasteiger partial charge in [0, 0.05) is 10.9 Å². The molecule has 0 aliphatic carbocycles. The smallest absolute Gasteiger partial charge is 0.0408 e. The fourth-order valence-electron chi connectivity index (χ4n) is 2.35. The highest BCUT2D eigenvalue weighted by atomic mass is 35.5. The quantitative estimate of drug-likeness (QED) is 0.657. The standard InChI is InChI=1S/C17H18Cl2/c1-13-4-2-5-14(8-13)9-16(12-18)10-15-6-3-7-17(19)11-15/h2-8,11,16H,9-10,12H2,1H3. The molecule has 0 spiro atoms. The predicted molar refractivity (Wildman–Crippen MR) is 84.2 cm³/mol. The molecule has 0 aliphatic heterocycles. The van der Waals surface area contributed by atoms with Crippen LogP contribution >= 0.6 is 23.2 Å². The van der Waals surface area contributed by atoms with Crippen LogP contribution in [0.2, 0.25) is 5.02 Å². The molecule has 2 aromatic carbocycles. The summed E-state index contributed by atoms with van der Waals surface area (Å²) in [6, 6.07) is 16.7. The average Bonchev–Trinajstić information content (AvgIpc) is 2.38. The van der Waals surface area contributed by atoms with E-state index in [1.807, 2.05) is 18.2 Å². The van der Waals surface area contributed by atoms with E-state index in [0.29, 0.717) is 11.8 Å². The fraction of sp³-hybridized carbons (Fsp3) is 0.294. The maximum absolute atomic E-state index is 6.11. The van der Waals surface area contributed by atoms with Crippen LogP contribution in [-0.4, -0.2) is 5.88 Å². The molecular weight excluding hydrogens is 275 g/mol. The van der Waals surface area contributed by atoms with Gasteiger partial charge in [-0.25, -0.2) is 0 Å². The zero-order valence-electron chi connectivity index (χ0n) is 11.1. The number of halogens is 2. The van der Waals surface area contributed by atoms with Gasteiger partial charge in [-0.3, -0.25) is 0 Å². The minimum absolute atomic E-state index is 0.446. The van der Waals surface area contributed by atoms with E-state index in [4.69, 9.17) is 23.2 Å². The molecule has 19 heavy (non-hydrogen) atoms. The van der Waals surface area contributed by atoms with E-state index in [1.54, 1.807) is 0 Å². The molecule has 0 heterocycles. The molecular formula is C17H18Cl2. The van der Waals surface area contributed by atoms with E-state index in [2.05, 4.69) is 37.3 Å². The van der Waals surface area contributed by atoms with Crippen LogP contribution in [0.25, 0.3) is 0 Å². The summed E-state index contributed by atoms with van der Waals surface area (Å²) in [5.41, 5.74) is 3.91. The molecule has 2 aromatic rings. The molecule has 2 rings (SSSR count). The van der Waals surface area contributed by atoms with Crippen molar-refractivity contribution in [3.05, 3.63) is 70.2 Å². The van der Waals surface area contributed by atoms with Gasteiger partial charge in [-0.05, 0) is 48.9 Å². The Bertz CT molecular complexity index is 487. The fourth-order valence-corrected chi connectivity index (χ4v) is 2.78. The van der Waals surface area contributed by atoms with Crippen LogP contribution in [0.4, 0.5) is 0 Å². The Balaban J connectivity index is 2.04. The van der Waals surface area contributed by atoms with Crippen LogP contribution in [0, 0.1) is 12.8 Å². The Kier molecular flexibility index (Phi) is 5.30. The van der Waals surface area contributed by atoms with Crippen LogP contribution in [0.15, 0.2) is 48.5 Å². The van der Waals surface area contributed by atoms with E-state index < -0.39 is 0 Å². The van der Waals surface area contributed by atoms with Gasteiger partial charge in [-0.1, -0.05) is 53.6 Å². The minimum atomic E-state index is 0.446. The summed E-state index contributed by atoms with van der Waals surface area (Å²) in [4.78, 5) is 0. The number of alkyl halides is 1. The highest BCUT2D eigenvalue weighted by Gasteiger charge is 2.10. The lowest BCUT2D eigenvalue weighted by atomic mass is 9.93. The van der Waals surface area contributed by atoms with Crippen molar-refractivity contribution in [2.24, 2.45) is 5.92 Å². The summed E-state index contributed by atoms with van der Waals surface area (Å²) in [6.45, 7) is 2.12. The second-order valence-electron chi connectivity index (χ2n) is 5.05. The monoisotopic (exact) mass is 292 g/mol. The first-order valence-electron chi connectivity index (χ1n) is 6.53. The third-order valence-corrected chi connectivity index (χ3v) is 3.91. The van der Waals surface area contributed by atoms with E-state index in [9.17, 15) is 0 Å². The Morgan fingerprint density at radius 1 is 0.947 bits per heavy atom. The van der Waals surface area contributed by atoms with Crippen LogP contribution in [0.3, 0.4) is 0 Å². The molecule has 100 valence electrons. The van der Waals surface area contributed by atoms with Crippen molar-refractivity contribution in [1.82, 2.24) is 0 Å². The zero-order chi connectivity index (χ0) is 13.7. The summed E-state index contributed by atoms with van der Waals surface area (Å²) in [5.74, 6) is 1.11. The van der Waals surface area contributed by atoms with Gasteiger partial charge in [0.2, 0.25) is 0 Å². The van der Waals surface area contributed by atoms with E-state index in [-0.39, 0.29) is 0 Å². The second-order valence-corrected chi connectivity index (χ2v) is 5.79. The molecule has 2 heteroatoms. The topological polar surface area (TPSA) is 0 Å². The molecule has 0 bridgehead atoms. The third kappa shape index (κ3) is 4.56. The van der Waals surface area contributed by atoms with Crippen LogP contribution in [0.5, 0.6) is 0 Å². The van der Waals surface area contributed by atoms with Crippen molar-refractivity contribution in [3.8, 4) is 0 Å². The van der Waals surface area contributed by atoms with Gasteiger partial charge in [-0.15, -0.1) is 11.6 Å². The number of rotatable bonds is 5. The Hall–Kier alpha value is -0.980. The largest absolute Gasteiger partial charge is 0.126 e. The minimum Gasteiger partial charge on any atom is -0.126 e. The second kappa shape index (κ2) is 6.98. The summed E-state index contributed by atoms with van der Waals surface area (Å²) >= 11 is 12.1.